The van der Waals surface area contributed by atoms with E-state index in [9.17, 15) is 9.59 Å². The maximum absolute atomic E-state index is 13.4. The Morgan fingerprint density at radius 2 is 1.76 bits per heavy atom. The number of hydrogen-bond acceptors (Lipinski definition) is 3. The monoisotopic (exact) mass is 392 g/mol. The van der Waals surface area contributed by atoms with Crippen LogP contribution in [0.1, 0.15) is 41.6 Å². The van der Waals surface area contributed by atoms with Gasteiger partial charge < -0.3 is 14.5 Å². The molecule has 0 saturated carbocycles. The van der Waals surface area contributed by atoms with Crippen LogP contribution in [0.2, 0.25) is 0 Å². The summed E-state index contributed by atoms with van der Waals surface area (Å²) < 4.78 is 5.17. The number of amides is 2. The van der Waals surface area contributed by atoms with E-state index < -0.39 is 0 Å². The van der Waals surface area contributed by atoms with Crippen LogP contribution in [-0.4, -0.2) is 43.5 Å². The molecule has 2 aliphatic heterocycles. The Morgan fingerprint density at radius 3 is 2.48 bits per heavy atom. The molecule has 2 heterocycles. The number of ether oxygens (including phenoxy) is 1. The lowest BCUT2D eigenvalue weighted by Crippen LogP contribution is -2.54. The van der Waals surface area contributed by atoms with Crippen molar-refractivity contribution in [1.29, 1.82) is 0 Å². The minimum atomic E-state index is -0.331. The predicted molar refractivity (Wildman–Crippen MR) is 113 cm³/mol. The van der Waals surface area contributed by atoms with Crippen LogP contribution in [0.25, 0.3) is 0 Å². The molecule has 1 spiro atoms. The lowest BCUT2D eigenvalue weighted by Gasteiger charge is -2.46. The molecule has 2 aromatic carbocycles. The van der Waals surface area contributed by atoms with Gasteiger partial charge in [-0.25, -0.2) is 0 Å². The van der Waals surface area contributed by atoms with Gasteiger partial charge in [0.2, 0.25) is 5.91 Å². The fourth-order valence-corrected chi connectivity index (χ4v) is 4.67. The summed E-state index contributed by atoms with van der Waals surface area (Å²) in [5.74, 6) is 0.269. The van der Waals surface area contributed by atoms with Crippen LogP contribution >= 0.6 is 0 Å². The van der Waals surface area contributed by atoms with Gasteiger partial charge in [0.1, 0.15) is 0 Å². The summed E-state index contributed by atoms with van der Waals surface area (Å²) in [5.41, 5.74) is 2.33. The van der Waals surface area contributed by atoms with Crippen LogP contribution < -0.4 is 4.90 Å². The second-order valence-corrected chi connectivity index (χ2v) is 8.10. The first-order valence-corrected chi connectivity index (χ1v) is 10.4. The molecule has 0 aliphatic carbocycles. The van der Waals surface area contributed by atoms with Gasteiger partial charge in [0.25, 0.3) is 5.91 Å². The van der Waals surface area contributed by atoms with E-state index in [0.29, 0.717) is 25.3 Å². The highest BCUT2D eigenvalue weighted by Crippen LogP contribution is 2.42. The molecule has 5 nitrogen and oxygen atoms in total. The zero-order chi connectivity index (χ0) is 20.3. The molecule has 0 unspecified atom stereocenters. The van der Waals surface area contributed by atoms with E-state index in [1.165, 1.54) is 0 Å². The minimum absolute atomic E-state index is 0.0426. The Bertz CT molecular complexity index is 873. The van der Waals surface area contributed by atoms with Gasteiger partial charge in [-0.1, -0.05) is 30.3 Å². The fourth-order valence-electron chi connectivity index (χ4n) is 4.67. The van der Waals surface area contributed by atoms with E-state index in [2.05, 4.69) is 0 Å². The molecule has 29 heavy (non-hydrogen) atoms. The average molecular weight is 392 g/mol. The summed E-state index contributed by atoms with van der Waals surface area (Å²) in [6.07, 6.45) is 3.39. The molecule has 0 bridgehead atoms. The van der Waals surface area contributed by atoms with Crippen LogP contribution in [0, 0.1) is 5.41 Å². The number of anilines is 1. The topological polar surface area (TPSA) is 49.9 Å². The van der Waals surface area contributed by atoms with Crippen molar-refractivity contribution >= 4 is 17.5 Å². The molecule has 2 saturated heterocycles. The van der Waals surface area contributed by atoms with Crippen LogP contribution in [0.5, 0.6) is 0 Å². The van der Waals surface area contributed by atoms with Crippen molar-refractivity contribution in [3.63, 3.8) is 0 Å². The molecule has 4 rings (SSSR count). The molecule has 2 amide bonds. The number of piperidine rings is 2. The molecular formula is C24H28N2O3. The van der Waals surface area contributed by atoms with Crippen molar-refractivity contribution < 1.29 is 14.3 Å². The number of hydrogen-bond donors (Lipinski definition) is 0. The van der Waals surface area contributed by atoms with Gasteiger partial charge >= 0.3 is 0 Å². The zero-order valence-electron chi connectivity index (χ0n) is 17.0. The number of benzene rings is 2. The normalized spacial score (nSPS) is 18.9. The summed E-state index contributed by atoms with van der Waals surface area (Å²) in [4.78, 5) is 30.2. The van der Waals surface area contributed by atoms with Crippen molar-refractivity contribution in [2.75, 3.05) is 31.6 Å². The molecule has 2 aromatic rings. The third kappa shape index (κ3) is 3.92. The van der Waals surface area contributed by atoms with E-state index in [1.54, 1.807) is 7.11 Å². The molecule has 0 atom stereocenters. The maximum Gasteiger partial charge on any atom is 0.253 e. The van der Waals surface area contributed by atoms with Crippen LogP contribution in [0.4, 0.5) is 5.69 Å². The summed E-state index contributed by atoms with van der Waals surface area (Å²) in [7, 11) is 1.65. The molecule has 5 heteroatoms. The molecule has 0 radical (unpaired) electrons. The second kappa shape index (κ2) is 8.37. The lowest BCUT2D eigenvalue weighted by molar-refractivity contribution is -0.133. The number of likely N-dealkylation sites (tertiary alicyclic amines) is 1. The summed E-state index contributed by atoms with van der Waals surface area (Å²) in [6.45, 7) is 2.52. The van der Waals surface area contributed by atoms with Gasteiger partial charge in [-0.3, -0.25) is 9.59 Å². The Balaban J connectivity index is 1.45. The number of para-hydroxylation sites is 1. The summed E-state index contributed by atoms with van der Waals surface area (Å²) in [6, 6.07) is 17.5. The fraction of sp³-hybridized carbons (Fsp3) is 0.417. The first kappa shape index (κ1) is 19.6. The van der Waals surface area contributed by atoms with Gasteiger partial charge in [-0.2, -0.15) is 0 Å². The standard InChI is InChI=1S/C24H28N2O3/c1-29-18-19-7-5-8-20(17-19)22(27)25-15-12-24(13-16-25)11-6-14-26(23(24)28)21-9-3-2-4-10-21/h2-5,7-10,17H,6,11-16,18H2,1H3. The van der Waals surface area contributed by atoms with Crippen LogP contribution in [0.15, 0.2) is 54.6 Å². The van der Waals surface area contributed by atoms with Gasteiger partial charge in [0.05, 0.1) is 12.0 Å². The average Bonchev–Trinajstić information content (AvgIpc) is 2.77. The third-order valence-electron chi connectivity index (χ3n) is 6.30. The number of rotatable bonds is 4. The summed E-state index contributed by atoms with van der Waals surface area (Å²) >= 11 is 0. The first-order valence-electron chi connectivity index (χ1n) is 10.4. The van der Waals surface area contributed by atoms with E-state index >= 15 is 0 Å². The third-order valence-corrected chi connectivity index (χ3v) is 6.30. The number of methoxy groups -OCH3 is 1. The van der Waals surface area contributed by atoms with E-state index in [-0.39, 0.29) is 17.2 Å². The predicted octanol–water partition coefficient (Wildman–Crippen LogP) is 3.88. The molecule has 152 valence electrons. The highest BCUT2D eigenvalue weighted by Gasteiger charge is 2.46. The van der Waals surface area contributed by atoms with Crippen LogP contribution in [0.3, 0.4) is 0 Å². The quantitative estimate of drug-likeness (QED) is 0.793. The van der Waals surface area contributed by atoms with Crippen molar-refractivity contribution in [3.05, 3.63) is 65.7 Å². The Hall–Kier alpha value is -2.66. The first-order chi connectivity index (χ1) is 14.1. The SMILES string of the molecule is COCc1cccc(C(=O)N2CCC3(CCCN(c4ccccc4)C3=O)CC2)c1. The molecular weight excluding hydrogens is 364 g/mol. The summed E-state index contributed by atoms with van der Waals surface area (Å²) in [5, 5.41) is 0. The molecule has 0 aromatic heterocycles. The molecule has 0 N–H and O–H groups in total. The van der Waals surface area contributed by atoms with Gasteiger partial charge in [-0.15, -0.1) is 0 Å². The van der Waals surface area contributed by atoms with Gasteiger partial charge in [0.15, 0.2) is 0 Å². The van der Waals surface area contributed by atoms with Crippen molar-refractivity contribution in [1.82, 2.24) is 4.90 Å². The van der Waals surface area contributed by atoms with Gasteiger partial charge in [0, 0.05) is 38.0 Å². The lowest BCUT2D eigenvalue weighted by atomic mass is 9.71. The largest absolute Gasteiger partial charge is 0.380 e. The van der Waals surface area contributed by atoms with E-state index in [4.69, 9.17) is 4.74 Å². The number of nitrogens with zero attached hydrogens (tertiary/aromatic N) is 2. The van der Waals surface area contributed by atoms with Crippen molar-refractivity contribution in [2.24, 2.45) is 5.41 Å². The highest BCUT2D eigenvalue weighted by molar-refractivity contribution is 5.99. The molecule has 2 aliphatic rings. The minimum Gasteiger partial charge on any atom is -0.380 e. The Morgan fingerprint density at radius 1 is 1.00 bits per heavy atom. The molecule has 2 fully saturated rings. The highest BCUT2D eigenvalue weighted by atomic mass is 16.5. The smallest absolute Gasteiger partial charge is 0.253 e. The Labute approximate surface area is 172 Å². The number of carbonyl (C=O) groups excluding carboxylic acids is 2. The van der Waals surface area contributed by atoms with E-state index in [1.807, 2.05) is 64.4 Å². The second-order valence-electron chi connectivity index (χ2n) is 8.10. The van der Waals surface area contributed by atoms with Crippen molar-refractivity contribution in [3.8, 4) is 0 Å². The zero-order valence-corrected chi connectivity index (χ0v) is 17.0. The maximum atomic E-state index is 13.4. The van der Waals surface area contributed by atoms with Crippen LogP contribution in [-0.2, 0) is 16.1 Å². The van der Waals surface area contributed by atoms with Gasteiger partial charge in [-0.05, 0) is 55.5 Å². The van der Waals surface area contributed by atoms with Crippen molar-refractivity contribution in [2.45, 2.75) is 32.3 Å². The Kier molecular flexibility index (Phi) is 5.67. The van der Waals surface area contributed by atoms with E-state index in [0.717, 1.165) is 43.5 Å². The number of carbonyl (C=O) groups is 2.